The average Bonchev–Trinajstić information content (AvgIpc) is 2.63. The summed E-state index contributed by atoms with van der Waals surface area (Å²) >= 11 is 0. The highest BCUT2D eigenvalue weighted by atomic mass is 19.1. The molecule has 25 heavy (non-hydrogen) atoms. The first-order valence-electron chi connectivity index (χ1n) is 8.59. The first-order valence-corrected chi connectivity index (χ1v) is 8.59. The van der Waals surface area contributed by atoms with E-state index in [0.29, 0.717) is 13.2 Å². The maximum Gasteiger partial charge on any atom is 0.321 e. The van der Waals surface area contributed by atoms with E-state index in [1.165, 1.54) is 12.1 Å². The summed E-state index contributed by atoms with van der Waals surface area (Å²) in [6.07, 6.45) is 1.84. The summed E-state index contributed by atoms with van der Waals surface area (Å²) in [5.41, 5.74) is 2.89. The Morgan fingerprint density at radius 2 is 1.92 bits per heavy atom. The molecule has 2 amide bonds. The van der Waals surface area contributed by atoms with Crippen molar-refractivity contribution in [3.05, 3.63) is 65.5 Å². The Bertz CT molecular complexity index is 701. The number of hydrogen-bond acceptors (Lipinski definition) is 2. The molecule has 0 aromatic heterocycles. The molecule has 0 spiro atoms. The molecule has 1 N–H and O–H groups in total. The number of ether oxygens (including phenoxy) is 1. The van der Waals surface area contributed by atoms with E-state index in [-0.39, 0.29) is 18.0 Å². The third-order valence-electron chi connectivity index (χ3n) is 4.37. The third kappa shape index (κ3) is 5.03. The lowest BCUT2D eigenvalue weighted by molar-refractivity contribution is 0.000999. The van der Waals surface area contributed by atoms with Crippen LogP contribution in [0.2, 0.25) is 0 Å². The zero-order valence-corrected chi connectivity index (χ0v) is 14.4. The van der Waals surface area contributed by atoms with Crippen LogP contribution in [0.5, 0.6) is 0 Å². The molecule has 132 valence electrons. The largest absolute Gasteiger partial charge is 0.372 e. The number of piperidine rings is 1. The number of nitrogens with zero attached hydrogens (tertiary/aromatic N) is 1. The Morgan fingerprint density at radius 3 is 2.64 bits per heavy atom. The minimum absolute atomic E-state index is 0.00238. The highest BCUT2D eigenvalue weighted by Gasteiger charge is 2.24. The lowest BCUT2D eigenvalue weighted by Gasteiger charge is -2.32. The van der Waals surface area contributed by atoms with Gasteiger partial charge in [-0.15, -0.1) is 0 Å². The molecule has 1 fully saturated rings. The van der Waals surface area contributed by atoms with Crippen molar-refractivity contribution in [1.82, 2.24) is 4.90 Å². The zero-order chi connectivity index (χ0) is 17.6. The molecule has 4 nitrogen and oxygen atoms in total. The predicted octanol–water partition coefficient (Wildman–Crippen LogP) is 4.35. The summed E-state index contributed by atoms with van der Waals surface area (Å²) in [5.74, 6) is -0.250. The highest BCUT2D eigenvalue weighted by molar-refractivity contribution is 5.89. The number of nitrogens with one attached hydrogen (secondary N) is 1. The van der Waals surface area contributed by atoms with Gasteiger partial charge in [-0.1, -0.05) is 29.8 Å². The molecule has 1 aliphatic heterocycles. The van der Waals surface area contributed by atoms with Crippen LogP contribution in [-0.2, 0) is 11.3 Å². The molecule has 0 unspecified atom stereocenters. The fourth-order valence-corrected chi connectivity index (χ4v) is 2.89. The van der Waals surface area contributed by atoms with Gasteiger partial charge in [-0.25, -0.2) is 9.18 Å². The summed E-state index contributed by atoms with van der Waals surface area (Å²) in [5, 5.41) is 2.93. The van der Waals surface area contributed by atoms with Gasteiger partial charge in [-0.3, -0.25) is 0 Å². The molecule has 2 aromatic rings. The van der Waals surface area contributed by atoms with Crippen LogP contribution >= 0.6 is 0 Å². The van der Waals surface area contributed by atoms with Gasteiger partial charge in [-0.05, 0) is 49.6 Å². The predicted molar refractivity (Wildman–Crippen MR) is 96.0 cm³/mol. The Kier molecular flexibility index (Phi) is 5.66. The number of carbonyl (C=O) groups excluding carboxylic acids is 1. The number of urea groups is 1. The molecule has 5 heteroatoms. The fourth-order valence-electron chi connectivity index (χ4n) is 2.89. The van der Waals surface area contributed by atoms with Gasteiger partial charge >= 0.3 is 6.03 Å². The monoisotopic (exact) mass is 342 g/mol. The van der Waals surface area contributed by atoms with Gasteiger partial charge in [0, 0.05) is 18.8 Å². The fraction of sp³-hybridized carbons (Fsp3) is 0.350. The molecule has 1 aliphatic rings. The molecule has 1 saturated heterocycles. The van der Waals surface area contributed by atoms with Crippen molar-refractivity contribution >= 4 is 11.7 Å². The Labute approximate surface area is 147 Å². The van der Waals surface area contributed by atoms with Crippen molar-refractivity contribution in [3.63, 3.8) is 0 Å². The number of likely N-dealkylation sites (tertiary alicyclic amines) is 1. The molecule has 1 heterocycles. The molecular weight excluding hydrogens is 319 g/mol. The second-order valence-corrected chi connectivity index (χ2v) is 6.44. The van der Waals surface area contributed by atoms with Crippen LogP contribution in [0.3, 0.4) is 0 Å². The van der Waals surface area contributed by atoms with E-state index in [1.807, 2.05) is 31.2 Å². The van der Waals surface area contributed by atoms with Crippen LogP contribution in [0.25, 0.3) is 0 Å². The van der Waals surface area contributed by atoms with Gasteiger partial charge in [0.25, 0.3) is 0 Å². The highest BCUT2D eigenvalue weighted by Crippen LogP contribution is 2.17. The maximum absolute atomic E-state index is 12.9. The number of anilines is 1. The molecule has 0 aliphatic carbocycles. The molecule has 0 radical (unpaired) electrons. The van der Waals surface area contributed by atoms with Crippen LogP contribution in [0, 0.1) is 12.7 Å². The number of amides is 2. The number of benzene rings is 2. The SMILES string of the molecule is Cc1ccc(NC(=O)N2CCC[C@@H](OCc3ccc(F)cc3)C2)cc1. The molecule has 0 saturated carbocycles. The molecule has 1 atom stereocenters. The lowest BCUT2D eigenvalue weighted by atomic mass is 10.1. The van der Waals surface area contributed by atoms with Gasteiger partial charge < -0.3 is 15.0 Å². The topological polar surface area (TPSA) is 41.6 Å². The van der Waals surface area contributed by atoms with E-state index in [0.717, 1.165) is 36.2 Å². The van der Waals surface area contributed by atoms with Crippen molar-refractivity contribution < 1.29 is 13.9 Å². The van der Waals surface area contributed by atoms with Crippen LogP contribution in [0.15, 0.2) is 48.5 Å². The van der Waals surface area contributed by atoms with Gasteiger partial charge in [0.15, 0.2) is 0 Å². The summed E-state index contributed by atoms with van der Waals surface area (Å²) in [7, 11) is 0. The minimum Gasteiger partial charge on any atom is -0.372 e. The van der Waals surface area contributed by atoms with Gasteiger partial charge in [-0.2, -0.15) is 0 Å². The second kappa shape index (κ2) is 8.12. The third-order valence-corrected chi connectivity index (χ3v) is 4.37. The summed E-state index contributed by atoms with van der Waals surface area (Å²) < 4.78 is 18.8. The van der Waals surface area contributed by atoms with Crippen LogP contribution < -0.4 is 5.32 Å². The molecular formula is C20H23FN2O2. The number of rotatable bonds is 4. The van der Waals surface area contributed by atoms with E-state index in [1.54, 1.807) is 17.0 Å². The minimum atomic E-state index is -0.250. The normalized spacial score (nSPS) is 17.4. The number of carbonyl (C=O) groups is 1. The number of halogens is 1. The maximum atomic E-state index is 12.9. The quantitative estimate of drug-likeness (QED) is 0.898. The Balaban J connectivity index is 1.50. The van der Waals surface area contributed by atoms with E-state index >= 15 is 0 Å². The van der Waals surface area contributed by atoms with Crippen molar-refractivity contribution in [1.29, 1.82) is 0 Å². The summed E-state index contributed by atoms with van der Waals surface area (Å²) in [6, 6.07) is 14.0. The van der Waals surface area contributed by atoms with E-state index in [9.17, 15) is 9.18 Å². The lowest BCUT2D eigenvalue weighted by Crippen LogP contribution is -2.45. The smallest absolute Gasteiger partial charge is 0.321 e. The summed E-state index contributed by atoms with van der Waals surface area (Å²) in [4.78, 5) is 14.2. The molecule has 2 aromatic carbocycles. The van der Waals surface area contributed by atoms with E-state index in [2.05, 4.69) is 5.32 Å². The Morgan fingerprint density at radius 1 is 1.20 bits per heavy atom. The van der Waals surface area contributed by atoms with Crippen molar-refractivity contribution in [2.75, 3.05) is 18.4 Å². The Hall–Kier alpha value is -2.40. The van der Waals surface area contributed by atoms with Crippen molar-refractivity contribution in [3.8, 4) is 0 Å². The van der Waals surface area contributed by atoms with Gasteiger partial charge in [0.2, 0.25) is 0 Å². The summed E-state index contributed by atoms with van der Waals surface area (Å²) in [6.45, 7) is 3.74. The first kappa shape index (κ1) is 17.4. The standard InChI is InChI=1S/C20H23FN2O2/c1-15-4-10-18(11-5-15)22-20(24)23-12-2-3-19(13-23)25-14-16-6-8-17(21)9-7-16/h4-11,19H,2-3,12-14H2,1H3,(H,22,24)/t19-/m1/s1. The average molecular weight is 342 g/mol. The van der Waals surface area contributed by atoms with Crippen LogP contribution in [-0.4, -0.2) is 30.1 Å². The van der Waals surface area contributed by atoms with Crippen molar-refractivity contribution in [2.45, 2.75) is 32.5 Å². The molecule has 0 bridgehead atoms. The second-order valence-electron chi connectivity index (χ2n) is 6.44. The van der Waals surface area contributed by atoms with Gasteiger partial charge in [0.05, 0.1) is 12.7 Å². The number of hydrogen-bond donors (Lipinski definition) is 1. The van der Waals surface area contributed by atoms with Gasteiger partial charge in [0.1, 0.15) is 5.82 Å². The first-order chi connectivity index (χ1) is 12.1. The van der Waals surface area contributed by atoms with Crippen molar-refractivity contribution in [2.24, 2.45) is 0 Å². The van der Waals surface area contributed by atoms with E-state index in [4.69, 9.17) is 4.74 Å². The molecule has 3 rings (SSSR count). The number of aryl methyl sites for hydroxylation is 1. The van der Waals surface area contributed by atoms with Crippen LogP contribution in [0.4, 0.5) is 14.9 Å². The zero-order valence-electron chi connectivity index (χ0n) is 14.4. The van der Waals surface area contributed by atoms with E-state index < -0.39 is 0 Å². The van der Waals surface area contributed by atoms with Crippen LogP contribution in [0.1, 0.15) is 24.0 Å².